The van der Waals surface area contributed by atoms with Crippen LogP contribution in [-0.4, -0.2) is 17.6 Å². The summed E-state index contributed by atoms with van der Waals surface area (Å²) in [5.74, 6) is 0.635. The minimum absolute atomic E-state index is 0.339. The van der Waals surface area contributed by atoms with Crippen molar-refractivity contribution >= 4 is 11.3 Å². The smallest absolute Gasteiger partial charge is 0.0936 e. The Balaban J connectivity index is 2.10. The fourth-order valence-corrected chi connectivity index (χ4v) is 4.16. The van der Waals surface area contributed by atoms with Gasteiger partial charge in [0.1, 0.15) is 0 Å². The molecule has 1 N–H and O–H groups in total. The number of rotatable bonds is 4. The van der Waals surface area contributed by atoms with Crippen LogP contribution in [0.3, 0.4) is 0 Å². The van der Waals surface area contributed by atoms with E-state index in [1.54, 1.807) is 4.88 Å². The van der Waals surface area contributed by atoms with Crippen molar-refractivity contribution in [2.45, 2.75) is 72.3 Å². The standard InChI is InChI=1S/C16H28N2S/c1-11(2)17-10-12-7-6-8-13-15(12)18-14(19-13)9-16(3,4)5/h11-12,17H,6-10H2,1-5H3. The summed E-state index contributed by atoms with van der Waals surface area (Å²) in [6, 6.07) is 0.568. The van der Waals surface area contributed by atoms with Crippen LogP contribution >= 0.6 is 11.3 Å². The van der Waals surface area contributed by atoms with Crippen molar-refractivity contribution in [1.82, 2.24) is 10.3 Å². The maximum Gasteiger partial charge on any atom is 0.0936 e. The summed E-state index contributed by atoms with van der Waals surface area (Å²) in [5, 5.41) is 4.92. The summed E-state index contributed by atoms with van der Waals surface area (Å²) in [6.45, 7) is 12.4. The van der Waals surface area contributed by atoms with Gasteiger partial charge in [-0.05, 0) is 24.7 Å². The third kappa shape index (κ3) is 4.28. The van der Waals surface area contributed by atoms with Gasteiger partial charge < -0.3 is 5.32 Å². The molecule has 1 atom stereocenters. The van der Waals surface area contributed by atoms with Gasteiger partial charge in [0.2, 0.25) is 0 Å². The van der Waals surface area contributed by atoms with Crippen LogP contribution in [0.4, 0.5) is 0 Å². The maximum atomic E-state index is 4.97. The van der Waals surface area contributed by atoms with Crippen LogP contribution in [0.25, 0.3) is 0 Å². The molecule has 1 unspecified atom stereocenters. The van der Waals surface area contributed by atoms with Crippen molar-refractivity contribution in [2.24, 2.45) is 5.41 Å². The summed E-state index contributed by atoms with van der Waals surface area (Å²) in [6.07, 6.45) is 4.98. The Morgan fingerprint density at radius 3 is 2.74 bits per heavy atom. The van der Waals surface area contributed by atoms with E-state index in [4.69, 9.17) is 4.98 Å². The second kappa shape index (κ2) is 5.92. The summed E-state index contributed by atoms with van der Waals surface area (Å²) in [5.41, 5.74) is 1.75. The number of nitrogens with zero attached hydrogens (tertiary/aromatic N) is 1. The molecule has 0 aliphatic heterocycles. The van der Waals surface area contributed by atoms with Crippen LogP contribution in [0.1, 0.15) is 69.0 Å². The largest absolute Gasteiger partial charge is 0.314 e. The Hall–Kier alpha value is -0.410. The quantitative estimate of drug-likeness (QED) is 0.896. The number of thiazole rings is 1. The molecule has 0 fully saturated rings. The number of hydrogen-bond donors (Lipinski definition) is 1. The van der Waals surface area contributed by atoms with E-state index >= 15 is 0 Å². The highest BCUT2D eigenvalue weighted by molar-refractivity contribution is 7.11. The fourth-order valence-electron chi connectivity index (χ4n) is 2.66. The first-order valence-electron chi connectivity index (χ1n) is 7.57. The van der Waals surface area contributed by atoms with E-state index < -0.39 is 0 Å². The van der Waals surface area contributed by atoms with Gasteiger partial charge in [0, 0.05) is 29.8 Å². The molecule has 2 rings (SSSR count). The zero-order valence-electron chi connectivity index (χ0n) is 13.0. The average molecular weight is 280 g/mol. The van der Waals surface area contributed by atoms with E-state index in [1.807, 2.05) is 11.3 Å². The van der Waals surface area contributed by atoms with Crippen molar-refractivity contribution in [3.63, 3.8) is 0 Å². The van der Waals surface area contributed by atoms with Gasteiger partial charge in [-0.1, -0.05) is 34.6 Å². The van der Waals surface area contributed by atoms with Crippen molar-refractivity contribution in [2.75, 3.05) is 6.54 Å². The van der Waals surface area contributed by atoms with Crippen molar-refractivity contribution in [3.05, 3.63) is 15.6 Å². The molecule has 1 heterocycles. The van der Waals surface area contributed by atoms with Gasteiger partial charge in [0.25, 0.3) is 0 Å². The lowest BCUT2D eigenvalue weighted by Gasteiger charge is -2.22. The molecule has 0 aromatic carbocycles. The van der Waals surface area contributed by atoms with E-state index in [1.165, 1.54) is 30.0 Å². The molecule has 1 aromatic heterocycles. The van der Waals surface area contributed by atoms with Crippen molar-refractivity contribution in [3.8, 4) is 0 Å². The predicted octanol–water partition coefficient (Wildman–Crippen LogP) is 4.15. The van der Waals surface area contributed by atoms with Crippen LogP contribution in [-0.2, 0) is 12.8 Å². The second-order valence-electron chi connectivity index (χ2n) is 7.31. The highest BCUT2D eigenvalue weighted by Gasteiger charge is 2.25. The molecule has 3 heteroatoms. The number of aryl methyl sites for hydroxylation is 1. The van der Waals surface area contributed by atoms with Gasteiger partial charge >= 0.3 is 0 Å². The first kappa shape index (κ1) is 15.0. The normalized spacial score (nSPS) is 19.8. The van der Waals surface area contributed by atoms with E-state index in [0.717, 1.165) is 13.0 Å². The van der Waals surface area contributed by atoms with Crippen LogP contribution < -0.4 is 5.32 Å². The predicted molar refractivity (Wildman–Crippen MR) is 84.1 cm³/mol. The molecular weight excluding hydrogens is 252 g/mol. The molecule has 1 aliphatic rings. The minimum atomic E-state index is 0.339. The highest BCUT2D eigenvalue weighted by Crippen LogP contribution is 2.36. The third-order valence-corrected chi connectivity index (χ3v) is 4.70. The lowest BCUT2D eigenvalue weighted by molar-refractivity contribution is 0.409. The molecule has 1 aromatic rings. The lowest BCUT2D eigenvalue weighted by atomic mass is 9.90. The number of nitrogens with one attached hydrogen (secondary N) is 1. The van der Waals surface area contributed by atoms with Gasteiger partial charge in [0.15, 0.2) is 0 Å². The number of hydrogen-bond acceptors (Lipinski definition) is 3. The molecule has 0 saturated carbocycles. The minimum Gasteiger partial charge on any atom is -0.314 e. The Kier molecular flexibility index (Phi) is 4.67. The first-order chi connectivity index (χ1) is 8.85. The van der Waals surface area contributed by atoms with Gasteiger partial charge in [-0.15, -0.1) is 11.3 Å². The van der Waals surface area contributed by atoms with Crippen molar-refractivity contribution < 1.29 is 0 Å². The second-order valence-corrected chi connectivity index (χ2v) is 8.47. The SMILES string of the molecule is CC(C)NCC1CCCc2sc(CC(C)(C)C)nc21. The molecule has 1 aliphatic carbocycles. The van der Waals surface area contributed by atoms with Gasteiger partial charge in [-0.2, -0.15) is 0 Å². The van der Waals surface area contributed by atoms with Gasteiger partial charge in [-0.3, -0.25) is 0 Å². The Labute approximate surface area is 122 Å². The van der Waals surface area contributed by atoms with Crippen LogP contribution in [0, 0.1) is 5.41 Å². The number of aromatic nitrogens is 1. The fraction of sp³-hybridized carbons (Fsp3) is 0.812. The van der Waals surface area contributed by atoms with E-state index in [0.29, 0.717) is 17.4 Å². The Morgan fingerprint density at radius 1 is 1.37 bits per heavy atom. The molecule has 0 saturated heterocycles. The molecule has 108 valence electrons. The van der Waals surface area contributed by atoms with Crippen molar-refractivity contribution in [1.29, 1.82) is 0 Å². The highest BCUT2D eigenvalue weighted by atomic mass is 32.1. The third-order valence-electron chi connectivity index (χ3n) is 3.57. The monoisotopic (exact) mass is 280 g/mol. The molecule has 0 amide bonds. The van der Waals surface area contributed by atoms with Crippen LogP contribution in [0.15, 0.2) is 0 Å². The van der Waals surface area contributed by atoms with E-state index in [9.17, 15) is 0 Å². The summed E-state index contributed by atoms with van der Waals surface area (Å²) in [4.78, 5) is 6.53. The zero-order valence-corrected chi connectivity index (χ0v) is 13.9. The lowest BCUT2D eigenvalue weighted by Crippen LogP contribution is -2.29. The molecule has 0 spiro atoms. The Bertz CT molecular complexity index is 415. The Morgan fingerprint density at radius 2 is 2.11 bits per heavy atom. The summed E-state index contributed by atoms with van der Waals surface area (Å²) in [7, 11) is 0. The number of fused-ring (bicyclic) bond motifs is 1. The molecule has 2 nitrogen and oxygen atoms in total. The molecule has 0 bridgehead atoms. The molecule has 19 heavy (non-hydrogen) atoms. The van der Waals surface area contributed by atoms with Gasteiger partial charge in [-0.25, -0.2) is 4.98 Å². The van der Waals surface area contributed by atoms with Crippen LogP contribution in [0.5, 0.6) is 0 Å². The summed E-state index contributed by atoms with van der Waals surface area (Å²) < 4.78 is 0. The topological polar surface area (TPSA) is 24.9 Å². The first-order valence-corrected chi connectivity index (χ1v) is 8.38. The maximum absolute atomic E-state index is 4.97. The molecule has 0 radical (unpaired) electrons. The average Bonchev–Trinajstić information content (AvgIpc) is 2.65. The molecular formula is C16H28N2S. The van der Waals surface area contributed by atoms with E-state index in [-0.39, 0.29) is 0 Å². The van der Waals surface area contributed by atoms with Crippen LogP contribution in [0.2, 0.25) is 0 Å². The van der Waals surface area contributed by atoms with Gasteiger partial charge in [0.05, 0.1) is 10.7 Å². The summed E-state index contributed by atoms with van der Waals surface area (Å²) >= 11 is 1.96. The zero-order chi connectivity index (χ0) is 14.0. The van der Waals surface area contributed by atoms with E-state index in [2.05, 4.69) is 39.9 Å².